The van der Waals surface area contributed by atoms with Gasteiger partial charge in [0.2, 0.25) is 0 Å². The van der Waals surface area contributed by atoms with Gasteiger partial charge in [0.1, 0.15) is 0 Å². The number of hydrogen-bond acceptors (Lipinski definition) is 2. The summed E-state index contributed by atoms with van der Waals surface area (Å²) in [6, 6.07) is 12.1. The van der Waals surface area contributed by atoms with Gasteiger partial charge in [-0.2, -0.15) is 0 Å². The third-order valence-corrected chi connectivity index (χ3v) is 2.92. The fourth-order valence-electron chi connectivity index (χ4n) is 1.96. The number of rotatable bonds is 4. The van der Waals surface area contributed by atoms with Crippen LogP contribution < -0.4 is 0 Å². The maximum absolute atomic E-state index is 4.70. The minimum atomic E-state index is 0.517. The standard InChI is InChI=1S/C15H18N2/c1-3-7-12(2)13-9-6-10-15(17-13)14-8-4-5-11-16-14/h4-6,8-12H,3,7H2,1-2H3. The number of aromatic nitrogens is 2. The first-order chi connectivity index (χ1) is 8.31. The van der Waals surface area contributed by atoms with Crippen molar-refractivity contribution in [2.45, 2.75) is 32.6 Å². The van der Waals surface area contributed by atoms with Gasteiger partial charge in [-0.05, 0) is 36.6 Å². The molecule has 2 aromatic heterocycles. The molecule has 2 aromatic rings. The predicted molar refractivity (Wildman–Crippen MR) is 70.8 cm³/mol. The van der Waals surface area contributed by atoms with E-state index in [-0.39, 0.29) is 0 Å². The van der Waals surface area contributed by atoms with Crippen LogP contribution in [-0.4, -0.2) is 9.97 Å². The highest BCUT2D eigenvalue weighted by molar-refractivity contribution is 5.53. The zero-order valence-electron chi connectivity index (χ0n) is 10.4. The average molecular weight is 226 g/mol. The molecule has 1 unspecified atom stereocenters. The van der Waals surface area contributed by atoms with Crippen molar-refractivity contribution in [1.82, 2.24) is 9.97 Å². The summed E-state index contributed by atoms with van der Waals surface area (Å²) in [4.78, 5) is 9.03. The van der Waals surface area contributed by atoms with Crippen molar-refractivity contribution in [1.29, 1.82) is 0 Å². The van der Waals surface area contributed by atoms with Gasteiger partial charge in [0.05, 0.1) is 11.4 Å². The van der Waals surface area contributed by atoms with Crippen molar-refractivity contribution in [3.8, 4) is 11.4 Å². The van der Waals surface area contributed by atoms with Crippen LogP contribution in [0.15, 0.2) is 42.6 Å². The van der Waals surface area contributed by atoms with Crippen molar-refractivity contribution in [3.05, 3.63) is 48.3 Å². The quantitative estimate of drug-likeness (QED) is 0.786. The van der Waals surface area contributed by atoms with E-state index in [2.05, 4.69) is 31.0 Å². The summed E-state index contributed by atoms with van der Waals surface area (Å²) in [6.45, 7) is 4.44. The highest BCUT2D eigenvalue weighted by Gasteiger charge is 2.07. The molecule has 2 heteroatoms. The van der Waals surface area contributed by atoms with Crippen LogP contribution in [0.25, 0.3) is 11.4 Å². The van der Waals surface area contributed by atoms with Crippen LogP contribution in [0.2, 0.25) is 0 Å². The Labute approximate surface area is 103 Å². The van der Waals surface area contributed by atoms with E-state index in [0.29, 0.717) is 5.92 Å². The molecule has 0 radical (unpaired) electrons. The number of pyridine rings is 2. The fraction of sp³-hybridized carbons (Fsp3) is 0.333. The van der Waals surface area contributed by atoms with Gasteiger partial charge in [0.15, 0.2) is 0 Å². The van der Waals surface area contributed by atoms with Crippen molar-refractivity contribution < 1.29 is 0 Å². The SMILES string of the molecule is CCCC(C)c1cccc(-c2ccccn2)n1. The van der Waals surface area contributed by atoms with E-state index >= 15 is 0 Å². The minimum Gasteiger partial charge on any atom is -0.255 e. The topological polar surface area (TPSA) is 25.8 Å². The Morgan fingerprint density at radius 3 is 2.59 bits per heavy atom. The molecule has 0 N–H and O–H groups in total. The van der Waals surface area contributed by atoms with Gasteiger partial charge < -0.3 is 0 Å². The van der Waals surface area contributed by atoms with Crippen LogP contribution in [0.3, 0.4) is 0 Å². The second-order valence-corrected chi connectivity index (χ2v) is 4.35. The Morgan fingerprint density at radius 1 is 1.06 bits per heavy atom. The molecule has 0 aromatic carbocycles. The molecule has 0 fully saturated rings. The van der Waals surface area contributed by atoms with Crippen LogP contribution in [-0.2, 0) is 0 Å². The van der Waals surface area contributed by atoms with E-state index in [1.807, 2.05) is 24.3 Å². The van der Waals surface area contributed by atoms with Crippen molar-refractivity contribution in [2.24, 2.45) is 0 Å². The summed E-state index contributed by atoms with van der Waals surface area (Å²) < 4.78 is 0. The molecule has 0 amide bonds. The Morgan fingerprint density at radius 2 is 1.88 bits per heavy atom. The lowest BCUT2D eigenvalue weighted by Gasteiger charge is -2.10. The van der Waals surface area contributed by atoms with Gasteiger partial charge in [-0.15, -0.1) is 0 Å². The van der Waals surface area contributed by atoms with Gasteiger partial charge in [0.25, 0.3) is 0 Å². The molecule has 0 bridgehead atoms. The lowest BCUT2D eigenvalue weighted by molar-refractivity contribution is 0.648. The zero-order chi connectivity index (χ0) is 12.1. The molecule has 0 aliphatic rings. The summed E-state index contributed by atoms with van der Waals surface area (Å²) in [5.41, 5.74) is 3.07. The number of hydrogen-bond donors (Lipinski definition) is 0. The largest absolute Gasteiger partial charge is 0.255 e. The zero-order valence-corrected chi connectivity index (χ0v) is 10.4. The van der Waals surface area contributed by atoms with Crippen molar-refractivity contribution in [2.75, 3.05) is 0 Å². The van der Waals surface area contributed by atoms with Crippen LogP contribution >= 0.6 is 0 Å². The fourth-order valence-corrected chi connectivity index (χ4v) is 1.96. The summed E-state index contributed by atoms with van der Waals surface area (Å²) in [7, 11) is 0. The van der Waals surface area contributed by atoms with Gasteiger partial charge in [0, 0.05) is 11.9 Å². The van der Waals surface area contributed by atoms with Crippen LogP contribution in [0.5, 0.6) is 0 Å². The Kier molecular flexibility index (Phi) is 3.86. The Bertz CT molecular complexity index is 465. The predicted octanol–water partition coefficient (Wildman–Crippen LogP) is 4.05. The van der Waals surface area contributed by atoms with Gasteiger partial charge in [-0.1, -0.05) is 32.4 Å². The monoisotopic (exact) mass is 226 g/mol. The van der Waals surface area contributed by atoms with E-state index in [1.54, 1.807) is 6.20 Å². The van der Waals surface area contributed by atoms with E-state index < -0.39 is 0 Å². The molecule has 2 rings (SSSR count). The maximum atomic E-state index is 4.70. The first kappa shape index (κ1) is 11.8. The minimum absolute atomic E-state index is 0.517. The molecule has 0 saturated carbocycles. The Hall–Kier alpha value is -1.70. The second-order valence-electron chi connectivity index (χ2n) is 4.35. The molecule has 1 atom stereocenters. The maximum Gasteiger partial charge on any atom is 0.0889 e. The highest BCUT2D eigenvalue weighted by Crippen LogP contribution is 2.21. The van der Waals surface area contributed by atoms with Crippen LogP contribution in [0.4, 0.5) is 0 Å². The average Bonchev–Trinajstić information content (AvgIpc) is 2.40. The first-order valence-electron chi connectivity index (χ1n) is 6.19. The molecule has 0 aliphatic heterocycles. The van der Waals surface area contributed by atoms with Crippen LogP contribution in [0.1, 0.15) is 38.3 Å². The highest BCUT2D eigenvalue weighted by atomic mass is 14.8. The molecule has 0 saturated heterocycles. The molecule has 17 heavy (non-hydrogen) atoms. The molecular weight excluding hydrogens is 208 g/mol. The van der Waals surface area contributed by atoms with E-state index in [0.717, 1.165) is 17.1 Å². The van der Waals surface area contributed by atoms with E-state index in [1.165, 1.54) is 12.8 Å². The summed E-state index contributed by atoms with van der Waals surface area (Å²) in [5, 5.41) is 0. The molecule has 2 nitrogen and oxygen atoms in total. The third kappa shape index (κ3) is 2.90. The lowest BCUT2D eigenvalue weighted by Crippen LogP contribution is -1.98. The number of nitrogens with zero attached hydrogens (tertiary/aromatic N) is 2. The van der Waals surface area contributed by atoms with Crippen molar-refractivity contribution in [3.63, 3.8) is 0 Å². The smallest absolute Gasteiger partial charge is 0.0889 e. The molecule has 0 spiro atoms. The van der Waals surface area contributed by atoms with E-state index in [9.17, 15) is 0 Å². The second kappa shape index (κ2) is 5.58. The lowest BCUT2D eigenvalue weighted by atomic mass is 10.0. The molecule has 0 aliphatic carbocycles. The third-order valence-electron chi connectivity index (χ3n) is 2.92. The van der Waals surface area contributed by atoms with Crippen molar-refractivity contribution >= 4 is 0 Å². The van der Waals surface area contributed by atoms with E-state index in [4.69, 9.17) is 4.98 Å². The van der Waals surface area contributed by atoms with Gasteiger partial charge >= 0.3 is 0 Å². The first-order valence-corrected chi connectivity index (χ1v) is 6.19. The summed E-state index contributed by atoms with van der Waals surface area (Å²) >= 11 is 0. The summed E-state index contributed by atoms with van der Waals surface area (Å²) in [6.07, 6.45) is 4.18. The normalized spacial score (nSPS) is 12.4. The summed E-state index contributed by atoms with van der Waals surface area (Å²) in [5.74, 6) is 0.517. The molecule has 2 heterocycles. The molecule has 88 valence electrons. The Balaban J connectivity index is 2.29. The molecular formula is C15H18N2. The van der Waals surface area contributed by atoms with Crippen LogP contribution in [0, 0.1) is 0 Å². The van der Waals surface area contributed by atoms with Gasteiger partial charge in [-0.3, -0.25) is 9.97 Å². The van der Waals surface area contributed by atoms with Gasteiger partial charge in [-0.25, -0.2) is 0 Å².